The first kappa shape index (κ1) is 11.7. The van der Waals surface area contributed by atoms with Gasteiger partial charge in [0.15, 0.2) is 0 Å². The van der Waals surface area contributed by atoms with Gasteiger partial charge in [-0.15, -0.1) is 0 Å². The van der Waals surface area contributed by atoms with Crippen LogP contribution >= 0.6 is 11.8 Å². The van der Waals surface area contributed by atoms with Crippen molar-refractivity contribution in [1.29, 1.82) is 0 Å². The summed E-state index contributed by atoms with van der Waals surface area (Å²) in [4.78, 5) is 4.36. The van der Waals surface area contributed by atoms with Gasteiger partial charge < -0.3 is 9.30 Å². The molecule has 0 saturated carbocycles. The highest BCUT2D eigenvalue weighted by Gasteiger charge is 2.21. The number of aromatic nitrogens is 2. The monoisotopic (exact) mass is 260 g/mol. The molecule has 1 aliphatic rings. The predicted octanol–water partition coefficient (Wildman–Crippen LogP) is 2.75. The fraction of sp³-hybridized carbons (Fsp3) is 0.357. The Morgan fingerprint density at radius 1 is 1.39 bits per heavy atom. The van der Waals surface area contributed by atoms with Crippen LogP contribution in [0.3, 0.4) is 0 Å². The summed E-state index contributed by atoms with van der Waals surface area (Å²) >= 11 is 2.01. The standard InChI is InChI=1S/C14H16N2OS/c1-17-12-4-2-11(3-5-12)10-18-13-8-14-15-6-7-16(14)9-13/h2-7,13H,8-10H2,1H3. The molecule has 0 aliphatic carbocycles. The van der Waals surface area contributed by atoms with Gasteiger partial charge in [0.1, 0.15) is 11.6 Å². The first-order chi connectivity index (χ1) is 8.85. The molecule has 1 aliphatic heterocycles. The second-order valence-electron chi connectivity index (χ2n) is 4.48. The lowest BCUT2D eigenvalue weighted by Crippen LogP contribution is -2.04. The van der Waals surface area contributed by atoms with Crippen LogP contribution in [0.2, 0.25) is 0 Å². The van der Waals surface area contributed by atoms with E-state index in [2.05, 4.69) is 27.9 Å². The maximum Gasteiger partial charge on any atom is 0.118 e. The summed E-state index contributed by atoms with van der Waals surface area (Å²) in [5, 5.41) is 0.663. The van der Waals surface area contributed by atoms with Gasteiger partial charge in [-0.2, -0.15) is 11.8 Å². The Labute approximate surface area is 111 Å². The molecule has 1 aromatic carbocycles. The number of thioether (sulfide) groups is 1. The fourth-order valence-corrected chi connectivity index (χ4v) is 3.38. The van der Waals surface area contributed by atoms with Crippen LogP contribution in [-0.4, -0.2) is 21.9 Å². The van der Waals surface area contributed by atoms with Gasteiger partial charge in [-0.1, -0.05) is 12.1 Å². The topological polar surface area (TPSA) is 27.1 Å². The zero-order chi connectivity index (χ0) is 12.4. The Hall–Kier alpha value is -1.42. The van der Waals surface area contributed by atoms with E-state index in [0.29, 0.717) is 5.25 Å². The molecule has 1 aromatic heterocycles. The minimum absolute atomic E-state index is 0.663. The lowest BCUT2D eigenvalue weighted by molar-refractivity contribution is 0.414. The number of nitrogens with zero attached hydrogens (tertiary/aromatic N) is 2. The van der Waals surface area contributed by atoms with Crippen LogP contribution < -0.4 is 4.74 Å². The van der Waals surface area contributed by atoms with E-state index in [1.807, 2.05) is 30.1 Å². The molecule has 94 valence electrons. The lowest BCUT2D eigenvalue weighted by atomic mass is 10.2. The Bertz CT molecular complexity index is 500. The van der Waals surface area contributed by atoms with Crippen molar-refractivity contribution in [2.75, 3.05) is 7.11 Å². The Kier molecular flexibility index (Phi) is 3.28. The molecule has 2 heterocycles. The normalized spacial score (nSPS) is 17.7. The Morgan fingerprint density at radius 2 is 2.22 bits per heavy atom. The first-order valence-corrected chi connectivity index (χ1v) is 7.14. The van der Waals surface area contributed by atoms with Crippen LogP contribution in [-0.2, 0) is 18.7 Å². The largest absolute Gasteiger partial charge is 0.497 e. The molecule has 4 heteroatoms. The van der Waals surface area contributed by atoms with Crippen LogP contribution in [0, 0.1) is 0 Å². The number of benzene rings is 1. The molecule has 3 rings (SSSR count). The first-order valence-electron chi connectivity index (χ1n) is 6.09. The van der Waals surface area contributed by atoms with E-state index in [1.54, 1.807) is 7.11 Å². The number of ether oxygens (including phenoxy) is 1. The molecule has 1 atom stereocenters. The lowest BCUT2D eigenvalue weighted by Gasteiger charge is -2.09. The van der Waals surface area contributed by atoms with Crippen LogP contribution in [0.25, 0.3) is 0 Å². The highest BCUT2D eigenvalue weighted by Crippen LogP contribution is 2.27. The van der Waals surface area contributed by atoms with Gasteiger partial charge in [0, 0.05) is 36.4 Å². The summed E-state index contributed by atoms with van der Waals surface area (Å²) in [6.07, 6.45) is 5.05. The molecule has 0 radical (unpaired) electrons. The maximum atomic E-state index is 5.16. The third-order valence-corrected chi connectivity index (χ3v) is 4.54. The van der Waals surface area contributed by atoms with E-state index < -0.39 is 0 Å². The highest BCUT2D eigenvalue weighted by molar-refractivity contribution is 7.99. The third kappa shape index (κ3) is 2.38. The SMILES string of the molecule is COc1ccc(CSC2Cc3nccn3C2)cc1. The van der Waals surface area contributed by atoms with Crippen molar-refractivity contribution < 1.29 is 4.74 Å². The number of fused-ring (bicyclic) bond motifs is 1. The average Bonchev–Trinajstić information content (AvgIpc) is 2.97. The van der Waals surface area contributed by atoms with Gasteiger partial charge in [-0.3, -0.25) is 0 Å². The quantitative estimate of drug-likeness (QED) is 0.846. The van der Waals surface area contributed by atoms with Crippen molar-refractivity contribution in [2.24, 2.45) is 0 Å². The van der Waals surface area contributed by atoms with Crippen LogP contribution in [0.5, 0.6) is 5.75 Å². The van der Waals surface area contributed by atoms with Crippen LogP contribution in [0.15, 0.2) is 36.7 Å². The van der Waals surface area contributed by atoms with Crippen molar-refractivity contribution in [3.05, 3.63) is 48.0 Å². The van der Waals surface area contributed by atoms with Gasteiger partial charge in [0.05, 0.1) is 7.11 Å². The zero-order valence-corrected chi connectivity index (χ0v) is 11.2. The van der Waals surface area contributed by atoms with Crippen LogP contribution in [0.1, 0.15) is 11.4 Å². The molecule has 0 fully saturated rings. The fourth-order valence-electron chi connectivity index (χ4n) is 2.23. The number of hydrogen-bond acceptors (Lipinski definition) is 3. The number of methoxy groups -OCH3 is 1. The number of hydrogen-bond donors (Lipinski definition) is 0. The molecular formula is C14H16N2OS. The summed E-state index contributed by atoms with van der Waals surface area (Å²) in [7, 11) is 1.70. The molecule has 1 unspecified atom stereocenters. The van der Waals surface area contributed by atoms with Gasteiger partial charge in [-0.05, 0) is 17.7 Å². The van der Waals surface area contributed by atoms with E-state index in [1.165, 1.54) is 11.4 Å². The third-order valence-electron chi connectivity index (χ3n) is 3.26. The zero-order valence-electron chi connectivity index (χ0n) is 10.4. The molecule has 0 spiro atoms. The molecule has 2 aromatic rings. The Morgan fingerprint density at radius 3 is 2.94 bits per heavy atom. The molecule has 0 amide bonds. The molecule has 3 nitrogen and oxygen atoms in total. The summed E-state index contributed by atoms with van der Waals surface area (Å²) in [5.74, 6) is 3.20. The molecular weight excluding hydrogens is 244 g/mol. The number of imidazole rings is 1. The molecule has 0 bridgehead atoms. The maximum absolute atomic E-state index is 5.16. The summed E-state index contributed by atoms with van der Waals surface area (Å²) in [5.41, 5.74) is 1.35. The van der Waals surface area contributed by atoms with Crippen LogP contribution in [0.4, 0.5) is 0 Å². The van der Waals surface area contributed by atoms with E-state index >= 15 is 0 Å². The van der Waals surface area contributed by atoms with Gasteiger partial charge >= 0.3 is 0 Å². The number of rotatable bonds is 4. The molecule has 0 saturated heterocycles. The van der Waals surface area contributed by atoms with Crippen molar-refractivity contribution >= 4 is 11.8 Å². The van der Waals surface area contributed by atoms with Crippen molar-refractivity contribution in [3.8, 4) is 5.75 Å². The molecule has 0 N–H and O–H groups in total. The van der Waals surface area contributed by atoms with E-state index in [-0.39, 0.29) is 0 Å². The summed E-state index contributed by atoms with van der Waals surface area (Å²) in [6, 6.07) is 8.32. The van der Waals surface area contributed by atoms with Gasteiger partial charge in [-0.25, -0.2) is 4.98 Å². The summed E-state index contributed by atoms with van der Waals surface area (Å²) in [6.45, 7) is 1.09. The van der Waals surface area contributed by atoms with Gasteiger partial charge in [0.25, 0.3) is 0 Å². The molecule has 18 heavy (non-hydrogen) atoms. The van der Waals surface area contributed by atoms with Crippen molar-refractivity contribution in [1.82, 2.24) is 9.55 Å². The summed E-state index contributed by atoms with van der Waals surface area (Å²) < 4.78 is 7.42. The average molecular weight is 260 g/mol. The second kappa shape index (κ2) is 5.06. The minimum Gasteiger partial charge on any atom is -0.497 e. The van der Waals surface area contributed by atoms with Crippen molar-refractivity contribution in [3.63, 3.8) is 0 Å². The second-order valence-corrected chi connectivity index (χ2v) is 5.77. The van der Waals surface area contributed by atoms with E-state index in [4.69, 9.17) is 4.74 Å². The highest BCUT2D eigenvalue weighted by atomic mass is 32.2. The Balaban J connectivity index is 1.54. The van der Waals surface area contributed by atoms with E-state index in [0.717, 1.165) is 24.5 Å². The van der Waals surface area contributed by atoms with Gasteiger partial charge in [0.2, 0.25) is 0 Å². The smallest absolute Gasteiger partial charge is 0.118 e. The predicted molar refractivity (Wildman–Crippen MR) is 74.0 cm³/mol. The van der Waals surface area contributed by atoms with Crippen molar-refractivity contribution in [2.45, 2.75) is 24.0 Å². The van der Waals surface area contributed by atoms with E-state index in [9.17, 15) is 0 Å². The minimum atomic E-state index is 0.663.